The summed E-state index contributed by atoms with van der Waals surface area (Å²) < 4.78 is 54.9. The van der Waals surface area contributed by atoms with Gasteiger partial charge in [0.25, 0.3) is 5.91 Å². The van der Waals surface area contributed by atoms with Crippen molar-refractivity contribution in [2.75, 3.05) is 19.8 Å². The summed E-state index contributed by atoms with van der Waals surface area (Å²) in [6, 6.07) is 4.88. The second-order valence-electron chi connectivity index (χ2n) is 8.99. The molecule has 0 unspecified atom stereocenters. The van der Waals surface area contributed by atoms with Crippen LogP contribution in [0.5, 0.6) is 5.75 Å². The average Bonchev–Trinajstić information content (AvgIpc) is 3.36. The fourth-order valence-electron chi connectivity index (χ4n) is 4.78. The summed E-state index contributed by atoms with van der Waals surface area (Å²) in [5.74, 6) is -0.837. The molecular formula is C23H25F3N2O4. The van der Waals surface area contributed by atoms with Gasteiger partial charge >= 0.3 is 6.36 Å². The van der Waals surface area contributed by atoms with Crippen molar-refractivity contribution in [3.8, 4) is 5.75 Å². The van der Waals surface area contributed by atoms with Gasteiger partial charge in [-0.05, 0) is 67.3 Å². The van der Waals surface area contributed by atoms with Gasteiger partial charge in [-0.1, -0.05) is 0 Å². The van der Waals surface area contributed by atoms with Crippen molar-refractivity contribution in [3.63, 3.8) is 0 Å². The molecule has 2 saturated carbocycles. The van der Waals surface area contributed by atoms with E-state index in [-0.39, 0.29) is 28.8 Å². The smallest absolute Gasteiger partial charge is 0.403 e. The Bertz CT molecular complexity index is 1050. The number of aromatic nitrogens is 1. The Balaban J connectivity index is 1.37. The maximum Gasteiger partial charge on any atom is 0.573 e. The van der Waals surface area contributed by atoms with Gasteiger partial charge in [-0.3, -0.25) is 4.79 Å². The first-order chi connectivity index (χ1) is 15.2. The number of alkyl halides is 3. The van der Waals surface area contributed by atoms with E-state index in [0.29, 0.717) is 37.1 Å². The quantitative estimate of drug-likeness (QED) is 0.722. The molecule has 1 atom stereocenters. The summed E-state index contributed by atoms with van der Waals surface area (Å²) in [5.41, 5.74) is 1.61. The highest BCUT2D eigenvalue weighted by Gasteiger charge is 2.44. The van der Waals surface area contributed by atoms with Crippen LogP contribution in [0, 0.1) is 12.8 Å². The van der Waals surface area contributed by atoms with Crippen LogP contribution in [0.15, 0.2) is 18.2 Å². The van der Waals surface area contributed by atoms with E-state index in [4.69, 9.17) is 9.47 Å². The number of benzene rings is 1. The standard InChI is InChI=1S/C23H25F3N2O4/c1-13-8-18(21(29)27-12-14-4-5-22(11-14)30-6-7-31-22)28-20-17(13)9-16(15-2-3-15)10-19(20)32-23(24,25)26/h8-10,14-15H,2-7,11-12H2,1H3,(H,27,29)/t14-/m0/s1. The van der Waals surface area contributed by atoms with Crippen LogP contribution < -0.4 is 10.1 Å². The number of nitrogens with zero attached hydrogens (tertiary/aromatic N) is 1. The minimum absolute atomic E-state index is 0.0458. The van der Waals surface area contributed by atoms with E-state index >= 15 is 0 Å². The highest BCUT2D eigenvalue weighted by Crippen LogP contribution is 2.44. The maximum atomic E-state index is 13.0. The van der Waals surface area contributed by atoms with Gasteiger partial charge in [0.05, 0.1) is 13.2 Å². The Morgan fingerprint density at radius 1 is 1.22 bits per heavy atom. The van der Waals surface area contributed by atoms with Crippen LogP contribution in [-0.4, -0.2) is 42.8 Å². The number of ether oxygens (including phenoxy) is 3. The third-order valence-corrected chi connectivity index (χ3v) is 6.51. The van der Waals surface area contributed by atoms with Crippen LogP contribution in [0.25, 0.3) is 10.9 Å². The average molecular weight is 450 g/mol. The van der Waals surface area contributed by atoms with Crippen LogP contribution in [0.2, 0.25) is 0 Å². The molecule has 9 heteroatoms. The van der Waals surface area contributed by atoms with Crippen molar-refractivity contribution in [1.82, 2.24) is 10.3 Å². The fourth-order valence-corrected chi connectivity index (χ4v) is 4.78. The first-order valence-corrected chi connectivity index (χ1v) is 11.0. The molecule has 2 heterocycles. The van der Waals surface area contributed by atoms with Crippen LogP contribution in [0.4, 0.5) is 13.2 Å². The lowest BCUT2D eigenvalue weighted by Gasteiger charge is -2.21. The molecule has 2 aliphatic carbocycles. The van der Waals surface area contributed by atoms with Crippen LogP contribution in [0.1, 0.15) is 59.6 Å². The molecule has 3 fully saturated rings. The predicted molar refractivity (Wildman–Crippen MR) is 109 cm³/mol. The summed E-state index contributed by atoms with van der Waals surface area (Å²) in [4.78, 5) is 17.1. The molecule has 0 radical (unpaired) electrons. The summed E-state index contributed by atoms with van der Waals surface area (Å²) in [5, 5.41) is 3.44. The van der Waals surface area contributed by atoms with Crippen LogP contribution in [0.3, 0.4) is 0 Å². The largest absolute Gasteiger partial charge is 0.573 e. The second kappa shape index (κ2) is 7.88. The maximum absolute atomic E-state index is 13.0. The van der Waals surface area contributed by atoms with Crippen molar-refractivity contribution in [1.29, 1.82) is 0 Å². The van der Waals surface area contributed by atoms with Gasteiger partial charge in [0.1, 0.15) is 11.2 Å². The minimum atomic E-state index is -4.84. The number of hydrogen-bond acceptors (Lipinski definition) is 5. The Labute approximate surface area is 183 Å². The van der Waals surface area contributed by atoms with Crippen molar-refractivity contribution >= 4 is 16.8 Å². The Morgan fingerprint density at radius 3 is 2.66 bits per heavy atom. The molecule has 1 saturated heterocycles. The van der Waals surface area contributed by atoms with Gasteiger partial charge in [0, 0.05) is 24.8 Å². The molecule has 6 nitrogen and oxygen atoms in total. The molecule has 172 valence electrons. The normalized spacial score (nSPS) is 22.6. The molecule has 3 aliphatic rings. The number of pyridine rings is 1. The monoisotopic (exact) mass is 450 g/mol. The second-order valence-corrected chi connectivity index (χ2v) is 8.99. The third kappa shape index (κ3) is 4.41. The summed E-state index contributed by atoms with van der Waals surface area (Å²) in [6.07, 6.45) is -0.567. The van der Waals surface area contributed by atoms with Gasteiger partial charge in [-0.25, -0.2) is 4.98 Å². The third-order valence-electron chi connectivity index (χ3n) is 6.51. The van der Waals surface area contributed by atoms with E-state index in [1.54, 1.807) is 13.0 Å². The van der Waals surface area contributed by atoms with E-state index < -0.39 is 18.1 Å². The molecule has 0 bridgehead atoms. The van der Waals surface area contributed by atoms with Crippen molar-refractivity contribution in [3.05, 3.63) is 35.0 Å². The van der Waals surface area contributed by atoms with Gasteiger partial charge in [0.15, 0.2) is 11.5 Å². The molecular weight excluding hydrogens is 425 g/mol. The van der Waals surface area contributed by atoms with Gasteiger partial charge in [-0.15, -0.1) is 13.2 Å². The predicted octanol–water partition coefficient (Wildman–Crippen LogP) is 4.59. The molecule has 1 N–H and O–H groups in total. The molecule has 1 aromatic heterocycles. The van der Waals surface area contributed by atoms with Crippen molar-refractivity contribution in [2.45, 2.75) is 57.1 Å². The number of aryl methyl sites for hydroxylation is 1. The Hall–Kier alpha value is -2.39. The van der Waals surface area contributed by atoms with Crippen LogP contribution >= 0.6 is 0 Å². The number of hydrogen-bond donors (Lipinski definition) is 1. The lowest BCUT2D eigenvalue weighted by Crippen LogP contribution is -2.31. The summed E-state index contributed by atoms with van der Waals surface area (Å²) >= 11 is 0. The van der Waals surface area contributed by atoms with Crippen molar-refractivity contribution < 1.29 is 32.2 Å². The van der Waals surface area contributed by atoms with Gasteiger partial charge in [0.2, 0.25) is 0 Å². The van der Waals surface area contributed by atoms with Gasteiger partial charge in [-0.2, -0.15) is 0 Å². The number of amides is 1. The molecule has 1 amide bonds. The zero-order valence-electron chi connectivity index (χ0n) is 17.8. The lowest BCUT2D eigenvalue weighted by molar-refractivity contribution is -0.274. The zero-order valence-corrected chi connectivity index (χ0v) is 17.8. The summed E-state index contributed by atoms with van der Waals surface area (Å²) in [7, 11) is 0. The first-order valence-electron chi connectivity index (χ1n) is 11.0. The number of carbonyl (C=O) groups is 1. The molecule has 1 aliphatic heterocycles. The van der Waals surface area contributed by atoms with Gasteiger partial charge < -0.3 is 19.5 Å². The first kappa shape index (κ1) is 21.5. The molecule has 1 aromatic carbocycles. The van der Waals surface area contributed by atoms with E-state index in [1.807, 2.05) is 6.07 Å². The minimum Gasteiger partial charge on any atom is -0.403 e. The van der Waals surface area contributed by atoms with Crippen LogP contribution in [-0.2, 0) is 9.47 Å². The van der Waals surface area contributed by atoms with E-state index in [0.717, 1.165) is 31.2 Å². The Morgan fingerprint density at radius 2 is 1.97 bits per heavy atom. The van der Waals surface area contributed by atoms with E-state index in [2.05, 4.69) is 15.0 Å². The number of halogens is 3. The SMILES string of the molecule is Cc1cc(C(=O)NC[C@H]2CCC3(C2)OCCO3)nc2c(OC(F)(F)F)cc(C3CC3)cc12. The fraction of sp³-hybridized carbons (Fsp3) is 0.565. The number of fused-ring (bicyclic) bond motifs is 1. The lowest BCUT2D eigenvalue weighted by atomic mass is 10.0. The molecule has 32 heavy (non-hydrogen) atoms. The van der Waals surface area contributed by atoms with E-state index in [1.165, 1.54) is 6.07 Å². The zero-order chi connectivity index (χ0) is 22.5. The molecule has 1 spiro atoms. The topological polar surface area (TPSA) is 69.7 Å². The summed E-state index contributed by atoms with van der Waals surface area (Å²) in [6.45, 7) is 3.37. The number of nitrogens with one attached hydrogen (secondary N) is 1. The van der Waals surface area contributed by atoms with E-state index in [9.17, 15) is 18.0 Å². The highest BCUT2D eigenvalue weighted by molar-refractivity contribution is 5.97. The highest BCUT2D eigenvalue weighted by atomic mass is 19.4. The molecule has 5 rings (SSSR count). The molecule has 2 aromatic rings. The van der Waals surface area contributed by atoms with Crippen molar-refractivity contribution in [2.24, 2.45) is 5.92 Å². The number of rotatable bonds is 5. The number of carbonyl (C=O) groups excluding carboxylic acids is 1. The Kier molecular flexibility index (Phi) is 5.28.